The quantitative estimate of drug-likeness (QED) is 0.483. The van der Waals surface area contributed by atoms with Crippen molar-refractivity contribution in [2.24, 2.45) is 5.92 Å². The van der Waals surface area contributed by atoms with Crippen LogP contribution in [0.1, 0.15) is 60.3 Å². The lowest BCUT2D eigenvalue weighted by atomic mass is 9.69. The number of aryl methyl sites for hydroxylation is 1. The summed E-state index contributed by atoms with van der Waals surface area (Å²) < 4.78 is 0. The highest BCUT2D eigenvalue weighted by molar-refractivity contribution is 5.52. The van der Waals surface area contributed by atoms with E-state index in [0.717, 1.165) is 5.92 Å². The van der Waals surface area contributed by atoms with Crippen LogP contribution in [-0.4, -0.2) is 13.1 Å². The monoisotopic (exact) mass is 381 g/mol. The number of rotatable bonds is 3. The fraction of sp³-hybridized carbons (Fsp3) is 0.357. The summed E-state index contributed by atoms with van der Waals surface area (Å²) >= 11 is 0. The topological polar surface area (TPSA) is 3.24 Å². The molecule has 1 aliphatic heterocycles. The van der Waals surface area contributed by atoms with Crippen LogP contribution in [0.25, 0.3) is 0 Å². The van der Waals surface area contributed by atoms with Gasteiger partial charge in [-0.3, -0.25) is 0 Å². The average Bonchev–Trinajstić information content (AvgIpc) is 2.79. The normalized spacial score (nSPS) is 22.3. The van der Waals surface area contributed by atoms with Crippen molar-refractivity contribution in [1.29, 1.82) is 0 Å². The lowest BCUT2D eigenvalue weighted by Gasteiger charge is -2.35. The third-order valence-electron chi connectivity index (χ3n) is 7.15. The van der Waals surface area contributed by atoms with Gasteiger partial charge in [0.15, 0.2) is 0 Å². The first kappa shape index (κ1) is 18.5. The number of fused-ring (bicyclic) bond motifs is 1. The van der Waals surface area contributed by atoms with E-state index in [-0.39, 0.29) is 0 Å². The zero-order valence-electron chi connectivity index (χ0n) is 17.4. The van der Waals surface area contributed by atoms with E-state index in [2.05, 4.69) is 90.7 Å². The van der Waals surface area contributed by atoms with Crippen molar-refractivity contribution in [1.82, 2.24) is 0 Å². The predicted octanol–water partition coefficient (Wildman–Crippen LogP) is 6.78. The van der Waals surface area contributed by atoms with Crippen molar-refractivity contribution in [3.63, 3.8) is 0 Å². The number of benzene rings is 3. The molecule has 148 valence electrons. The predicted molar refractivity (Wildman–Crippen MR) is 123 cm³/mol. The Morgan fingerprint density at radius 1 is 0.690 bits per heavy atom. The Bertz CT molecular complexity index is 936. The van der Waals surface area contributed by atoms with Crippen molar-refractivity contribution < 1.29 is 0 Å². The van der Waals surface area contributed by atoms with Gasteiger partial charge in [0.2, 0.25) is 0 Å². The minimum atomic E-state index is 0.442. The lowest BCUT2D eigenvalue weighted by molar-refractivity contribution is 0.438. The third-order valence-corrected chi connectivity index (χ3v) is 7.15. The zero-order chi connectivity index (χ0) is 19.6. The Balaban J connectivity index is 1.49. The van der Waals surface area contributed by atoms with Gasteiger partial charge in [0.25, 0.3) is 0 Å². The minimum absolute atomic E-state index is 0.442. The molecule has 2 unspecified atom stereocenters. The first-order valence-corrected chi connectivity index (χ1v) is 11.3. The summed E-state index contributed by atoms with van der Waals surface area (Å²) in [6.45, 7) is 4.77. The van der Waals surface area contributed by atoms with Crippen molar-refractivity contribution in [2.45, 2.75) is 44.4 Å². The van der Waals surface area contributed by atoms with Crippen LogP contribution in [0.5, 0.6) is 0 Å². The Kier molecular flexibility index (Phi) is 5.14. The van der Waals surface area contributed by atoms with Gasteiger partial charge < -0.3 is 4.90 Å². The van der Waals surface area contributed by atoms with Crippen LogP contribution >= 0.6 is 0 Å². The van der Waals surface area contributed by atoms with Crippen molar-refractivity contribution >= 4 is 5.69 Å². The molecule has 1 aliphatic carbocycles. The number of piperidine rings is 1. The van der Waals surface area contributed by atoms with Gasteiger partial charge in [-0.2, -0.15) is 0 Å². The summed E-state index contributed by atoms with van der Waals surface area (Å²) in [7, 11) is 0. The van der Waals surface area contributed by atoms with Crippen LogP contribution < -0.4 is 4.90 Å². The standard InChI is InChI=1S/C28H31N/c1-21-17-19-29(20-18-21)25-14-11-24(12-15-25)28-26-10-6-5-9-23(26)13-16-27(28)22-7-3-2-4-8-22/h2-12,14-15,21,27-28H,13,16-20H2,1H3. The van der Waals surface area contributed by atoms with Crippen LogP contribution in [0.15, 0.2) is 78.9 Å². The van der Waals surface area contributed by atoms with Gasteiger partial charge in [0, 0.05) is 24.7 Å². The Labute approximate surface area is 175 Å². The van der Waals surface area contributed by atoms with Gasteiger partial charge in [0.1, 0.15) is 0 Å². The van der Waals surface area contributed by atoms with Gasteiger partial charge in [0.05, 0.1) is 0 Å². The maximum atomic E-state index is 2.56. The molecule has 2 atom stereocenters. The van der Waals surface area contributed by atoms with Gasteiger partial charge in [-0.15, -0.1) is 0 Å². The summed E-state index contributed by atoms with van der Waals surface area (Å²) in [5.41, 5.74) is 7.37. The Hall–Kier alpha value is -2.54. The molecule has 0 aromatic heterocycles. The molecule has 3 aromatic rings. The zero-order valence-corrected chi connectivity index (χ0v) is 17.4. The van der Waals surface area contributed by atoms with Gasteiger partial charge >= 0.3 is 0 Å². The maximum absolute atomic E-state index is 2.56. The summed E-state index contributed by atoms with van der Waals surface area (Å²) in [6.07, 6.45) is 5.02. The first-order valence-electron chi connectivity index (χ1n) is 11.3. The second-order valence-electron chi connectivity index (χ2n) is 8.99. The molecule has 0 spiro atoms. The summed E-state index contributed by atoms with van der Waals surface area (Å²) in [4.78, 5) is 2.56. The number of hydrogen-bond donors (Lipinski definition) is 0. The SMILES string of the molecule is CC1CCN(c2ccc(C3c4ccccc4CCC3c3ccccc3)cc2)CC1. The van der Waals surface area contributed by atoms with Crippen molar-refractivity contribution in [3.8, 4) is 0 Å². The Morgan fingerprint density at radius 3 is 2.14 bits per heavy atom. The highest BCUT2D eigenvalue weighted by Crippen LogP contribution is 2.46. The van der Waals surface area contributed by atoms with Gasteiger partial charge in [-0.05, 0) is 71.9 Å². The smallest absolute Gasteiger partial charge is 0.0366 e. The minimum Gasteiger partial charge on any atom is -0.372 e. The van der Waals surface area contributed by atoms with E-state index in [0.29, 0.717) is 11.8 Å². The molecule has 0 amide bonds. The highest BCUT2D eigenvalue weighted by Gasteiger charge is 2.31. The van der Waals surface area contributed by atoms with Crippen LogP contribution in [0.2, 0.25) is 0 Å². The molecule has 3 aromatic carbocycles. The van der Waals surface area contributed by atoms with E-state index >= 15 is 0 Å². The molecule has 1 fully saturated rings. The van der Waals surface area contributed by atoms with Crippen molar-refractivity contribution in [2.75, 3.05) is 18.0 Å². The molecule has 1 heteroatoms. The van der Waals surface area contributed by atoms with Gasteiger partial charge in [-0.1, -0.05) is 73.7 Å². The van der Waals surface area contributed by atoms with Crippen LogP contribution in [0, 0.1) is 5.92 Å². The fourth-order valence-corrected chi connectivity index (χ4v) is 5.39. The number of hydrogen-bond acceptors (Lipinski definition) is 1. The molecule has 1 nitrogen and oxygen atoms in total. The molecule has 2 aliphatic rings. The highest BCUT2D eigenvalue weighted by atomic mass is 15.1. The van der Waals surface area contributed by atoms with E-state index in [1.807, 2.05) is 0 Å². The molecule has 1 saturated heterocycles. The molecule has 1 heterocycles. The molecular formula is C28H31N. The maximum Gasteiger partial charge on any atom is 0.0366 e. The molecule has 0 N–H and O–H groups in total. The number of anilines is 1. The molecule has 0 saturated carbocycles. The summed E-state index contributed by atoms with van der Waals surface area (Å²) in [5, 5.41) is 0. The average molecular weight is 382 g/mol. The van der Waals surface area contributed by atoms with Crippen LogP contribution in [0.4, 0.5) is 5.69 Å². The van der Waals surface area contributed by atoms with E-state index in [4.69, 9.17) is 0 Å². The second kappa shape index (κ2) is 8.06. The second-order valence-corrected chi connectivity index (χ2v) is 8.99. The van der Waals surface area contributed by atoms with Crippen LogP contribution in [-0.2, 0) is 6.42 Å². The molecular weight excluding hydrogens is 350 g/mol. The van der Waals surface area contributed by atoms with Crippen LogP contribution in [0.3, 0.4) is 0 Å². The molecule has 0 bridgehead atoms. The third kappa shape index (κ3) is 3.71. The van der Waals surface area contributed by atoms with E-state index in [9.17, 15) is 0 Å². The van der Waals surface area contributed by atoms with E-state index in [1.54, 1.807) is 0 Å². The molecule has 5 rings (SSSR count). The van der Waals surface area contributed by atoms with Crippen molar-refractivity contribution in [3.05, 3.63) is 101 Å². The first-order chi connectivity index (χ1) is 14.3. The summed E-state index contributed by atoms with van der Waals surface area (Å²) in [6, 6.07) is 29.7. The largest absolute Gasteiger partial charge is 0.372 e. The molecule has 29 heavy (non-hydrogen) atoms. The summed E-state index contributed by atoms with van der Waals surface area (Å²) in [5.74, 6) is 1.86. The lowest BCUT2D eigenvalue weighted by Crippen LogP contribution is -2.32. The van der Waals surface area contributed by atoms with E-state index < -0.39 is 0 Å². The molecule has 0 radical (unpaired) electrons. The number of nitrogens with zero attached hydrogens (tertiary/aromatic N) is 1. The Morgan fingerprint density at radius 2 is 1.38 bits per heavy atom. The van der Waals surface area contributed by atoms with E-state index in [1.165, 1.54) is 66.7 Å². The fourth-order valence-electron chi connectivity index (χ4n) is 5.39. The van der Waals surface area contributed by atoms with Gasteiger partial charge in [-0.25, -0.2) is 0 Å².